The quantitative estimate of drug-likeness (QED) is 0.604. The van der Waals surface area contributed by atoms with E-state index in [-0.39, 0.29) is 11.9 Å². The van der Waals surface area contributed by atoms with Crippen molar-refractivity contribution >= 4 is 5.91 Å². The molecule has 1 aliphatic rings. The van der Waals surface area contributed by atoms with Crippen LogP contribution in [0.15, 0.2) is 0 Å². The van der Waals surface area contributed by atoms with Gasteiger partial charge in [0, 0.05) is 32.7 Å². The van der Waals surface area contributed by atoms with E-state index < -0.39 is 0 Å². The number of hydrogen-bond donors (Lipinski definition) is 2. The third-order valence-corrected chi connectivity index (χ3v) is 2.49. The highest BCUT2D eigenvalue weighted by molar-refractivity contribution is 5.82. The number of nitrogens with zero attached hydrogens (tertiary/aromatic N) is 1. The smallest absolute Gasteiger partial charge is 0.240 e. The fourth-order valence-electron chi connectivity index (χ4n) is 1.38. The molecule has 76 valence electrons. The number of hydrogen-bond acceptors (Lipinski definition) is 3. The van der Waals surface area contributed by atoms with Crippen LogP contribution in [0.3, 0.4) is 0 Å². The maximum absolute atomic E-state index is 11.7. The highest BCUT2D eigenvalue weighted by Gasteiger charge is 2.24. The Morgan fingerprint density at radius 2 is 2.15 bits per heavy atom. The largest absolute Gasteiger partial charge is 0.345 e. The minimum absolute atomic E-state index is 0.0406. The van der Waals surface area contributed by atoms with Crippen molar-refractivity contribution in [3.63, 3.8) is 0 Å². The molecular formula is C9H19N3O. The Morgan fingerprint density at radius 1 is 1.46 bits per heavy atom. The third-order valence-electron chi connectivity index (χ3n) is 2.49. The van der Waals surface area contributed by atoms with Gasteiger partial charge < -0.3 is 15.5 Å². The first-order chi connectivity index (χ1) is 6.15. The fraction of sp³-hybridized carbons (Fsp3) is 0.889. The first-order valence-corrected chi connectivity index (χ1v) is 4.87. The molecule has 0 aromatic heterocycles. The number of carbonyl (C=O) groups excluding carboxylic acids is 1. The summed E-state index contributed by atoms with van der Waals surface area (Å²) in [6.07, 6.45) is 0. The lowest BCUT2D eigenvalue weighted by atomic mass is 10.1. The van der Waals surface area contributed by atoms with Gasteiger partial charge in [0.1, 0.15) is 0 Å². The highest BCUT2D eigenvalue weighted by atomic mass is 16.2. The molecule has 2 N–H and O–H groups in total. The number of carbonyl (C=O) groups is 1. The second-order valence-electron chi connectivity index (χ2n) is 3.62. The summed E-state index contributed by atoms with van der Waals surface area (Å²) < 4.78 is 0. The van der Waals surface area contributed by atoms with Crippen LogP contribution in [0.4, 0.5) is 0 Å². The summed E-state index contributed by atoms with van der Waals surface area (Å²) in [5.74, 6) is 0.182. The molecule has 4 heteroatoms. The second kappa shape index (κ2) is 4.58. The summed E-state index contributed by atoms with van der Waals surface area (Å²) >= 11 is 0. The molecule has 0 bridgehead atoms. The third kappa shape index (κ3) is 2.67. The first-order valence-electron chi connectivity index (χ1n) is 4.87. The van der Waals surface area contributed by atoms with E-state index in [2.05, 4.69) is 17.6 Å². The van der Waals surface area contributed by atoms with Gasteiger partial charge in [-0.05, 0) is 13.8 Å². The molecule has 2 atom stereocenters. The number of nitrogens with one attached hydrogen (secondary N) is 2. The Bertz CT molecular complexity index is 176. The minimum Gasteiger partial charge on any atom is -0.345 e. The molecule has 0 saturated carbocycles. The van der Waals surface area contributed by atoms with E-state index in [4.69, 9.17) is 0 Å². The molecule has 13 heavy (non-hydrogen) atoms. The zero-order chi connectivity index (χ0) is 9.84. The molecular weight excluding hydrogens is 166 g/mol. The maximum Gasteiger partial charge on any atom is 0.240 e. The topological polar surface area (TPSA) is 44.4 Å². The van der Waals surface area contributed by atoms with Gasteiger partial charge >= 0.3 is 0 Å². The molecule has 1 rings (SSSR count). The summed E-state index contributed by atoms with van der Waals surface area (Å²) in [5, 5.41) is 6.51. The standard InChI is InChI=1S/C9H19N3O/c1-4-12(3)9(13)8-6-10-7(2)5-11-8/h7-8,10-11H,4-6H2,1-3H3. The number of likely N-dealkylation sites (N-methyl/N-ethyl adjacent to an activating group) is 1. The van der Waals surface area contributed by atoms with Gasteiger partial charge in [0.05, 0.1) is 6.04 Å². The predicted molar refractivity (Wildman–Crippen MR) is 52.6 cm³/mol. The first kappa shape index (κ1) is 10.5. The van der Waals surface area contributed by atoms with Gasteiger partial charge in [0.2, 0.25) is 5.91 Å². The molecule has 1 amide bonds. The molecule has 0 aromatic carbocycles. The summed E-state index contributed by atoms with van der Waals surface area (Å²) in [5.41, 5.74) is 0. The van der Waals surface area contributed by atoms with Crippen molar-refractivity contribution in [3.8, 4) is 0 Å². The van der Waals surface area contributed by atoms with E-state index in [0.29, 0.717) is 6.04 Å². The van der Waals surface area contributed by atoms with Crippen molar-refractivity contribution < 1.29 is 4.79 Å². The van der Waals surface area contributed by atoms with E-state index in [9.17, 15) is 4.79 Å². The average molecular weight is 185 g/mol. The molecule has 0 spiro atoms. The summed E-state index contributed by atoms with van der Waals surface area (Å²) in [7, 11) is 1.84. The molecule has 0 radical (unpaired) electrons. The molecule has 0 aliphatic carbocycles. The van der Waals surface area contributed by atoms with Crippen molar-refractivity contribution in [1.29, 1.82) is 0 Å². The van der Waals surface area contributed by atoms with E-state index >= 15 is 0 Å². The van der Waals surface area contributed by atoms with E-state index in [1.165, 1.54) is 0 Å². The lowest BCUT2D eigenvalue weighted by Crippen LogP contribution is -2.59. The summed E-state index contributed by atoms with van der Waals surface area (Å²) in [6, 6.07) is 0.428. The van der Waals surface area contributed by atoms with Gasteiger partial charge in [0.15, 0.2) is 0 Å². The van der Waals surface area contributed by atoms with Crippen LogP contribution in [0.5, 0.6) is 0 Å². The number of amides is 1. The van der Waals surface area contributed by atoms with Crippen molar-refractivity contribution in [2.75, 3.05) is 26.7 Å². The van der Waals surface area contributed by atoms with Crippen LogP contribution < -0.4 is 10.6 Å². The van der Waals surface area contributed by atoms with Gasteiger partial charge in [-0.3, -0.25) is 4.79 Å². The van der Waals surface area contributed by atoms with Gasteiger partial charge in [-0.2, -0.15) is 0 Å². The second-order valence-corrected chi connectivity index (χ2v) is 3.62. The Hall–Kier alpha value is -0.610. The maximum atomic E-state index is 11.7. The van der Waals surface area contributed by atoms with Gasteiger partial charge in [-0.1, -0.05) is 0 Å². The molecule has 4 nitrogen and oxygen atoms in total. The lowest BCUT2D eigenvalue weighted by Gasteiger charge is -2.30. The SMILES string of the molecule is CCN(C)C(=O)C1CNC(C)CN1. The fourth-order valence-corrected chi connectivity index (χ4v) is 1.38. The van der Waals surface area contributed by atoms with Crippen LogP contribution in [-0.4, -0.2) is 49.6 Å². The number of rotatable bonds is 2. The monoisotopic (exact) mass is 185 g/mol. The van der Waals surface area contributed by atoms with Crippen molar-refractivity contribution in [2.24, 2.45) is 0 Å². The van der Waals surface area contributed by atoms with E-state index in [1.54, 1.807) is 4.90 Å². The molecule has 0 aromatic rings. The van der Waals surface area contributed by atoms with Crippen LogP contribution in [0.25, 0.3) is 0 Å². The van der Waals surface area contributed by atoms with Gasteiger partial charge in [0.25, 0.3) is 0 Å². The van der Waals surface area contributed by atoms with E-state index in [0.717, 1.165) is 19.6 Å². The van der Waals surface area contributed by atoms with Gasteiger partial charge in [-0.15, -0.1) is 0 Å². The number of piperazine rings is 1. The Kier molecular flexibility index (Phi) is 3.69. The van der Waals surface area contributed by atoms with E-state index in [1.807, 2.05) is 14.0 Å². The summed E-state index contributed by atoms with van der Waals surface area (Å²) in [6.45, 7) is 6.47. The van der Waals surface area contributed by atoms with Gasteiger partial charge in [-0.25, -0.2) is 0 Å². The van der Waals surface area contributed by atoms with Crippen LogP contribution in [0.1, 0.15) is 13.8 Å². The normalized spacial score (nSPS) is 28.5. The Morgan fingerprint density at radius 3 is 2.62 bits per heavy atom. The Balaban J connectivity index is 2.40. The lowest BCUT2D eigenvalue weighted by molar-refractivity contribution is -0.132. The molecule has 1 aliphatic heterocycles. The zero-order valence-corrected chi connectivity index (χ0v) is 8.63. The molecule has 1 heterocycles. The van der Waals surface area contributed by atoms with Crippen LogP contribution in [0.2, 0.25) is 0 Å². The Labute approximate surface area is 79.7 Å². The van der Waals surface area contributed by atoms with Crippen molar-refractivity contribution in [1.82, 2.24) is 15.5 Å². The van der Waals surface area contributed by atoms with Crippen LogP contribution in [0, 0.1) is 0 Å². The molecule has 1 fully saturated rings. The van der Waals surface area contributed by atoms with Crippen LogP contribution >= 0.6 is 0 Å². The molecule has 2 unspecified atom stereocenters. The highest BCUT2D eigenvalue weighted by Crippen LogP contribution is 1.97. The summed E-state index contributed by atoms with van der Waals surface area (Å²) in [4.78, 5) is 13.4. The zero-order valence-electron chi connectivity index (χ0n) is 8.63. The minimum atomic E-state index is -0.0406. The van der Waals surface area contributed by atoms with Crippen molar-refractivity contribution in [3.05, 3.63) is 0 Å². The molecule has 1 saturated heterocycles. The predicted octanol–water partition coefficient (Wildman–Crippen LogP) is -0.585. The van der Waals surface area contributed by atoms with Crippen LogP contribution in [-0.2, 0) is 4.79 Å². The van der Waals surface area contributed by atoms with Crippen molar-refractivity contribution in [2.45, 2.75) is 25.9 Å². The average Bonchev–Trinajstić information content (AvgIpc) is 2.17.